The second-order valence-corrected chi connectivity index (χ2v) is 6.31. The first kappa shape index (κ1) is 16.1. The number of anilines is 1. The summed E-state index contributed by atoms with van der Waals surface area (Å²) in [6, 6.07) is 27.9. The lowest BCUT2D eigenvalue weighted by molar-refractivity contribution is 1.01. The minimum absolute atomic E-state index is 0.336. The molecule has 0 saturated carbocycles. The zero-order chi connectivity index (χ0) is 18.8. The van der Waals surface area contributed by atoms with Crippen LogP contribution in [0, 0.1) is 0 Å². The van der Waals surface area contributed by atoms with Crippen molar-refractivity contribution in [2.75, 3.05) is 5.43 Å². The Hall–Kier alpha value is -4.06. The van der Waals surface area contributed by atoms with E-state index in [2.05, 4.69) is 30.7 Å². The lowest BCUT2D eigenvalue weighted by Crippen LogP contribution is -2.08. The number of rotatable bonds is 4. The van der Waals surface area contributed by atoms with Gasteiger partial charge < -0.3 is 4.98 Å². The van der Waals surface area contributed by atoms with Crippen molar-refractivity contribution < 1.29 is 0 Å². The van der Waals surface area contributed by atoms with Crippen molar-refractivity contribution in [3.8, 4) is 0 Å². The normalized spacial score (nSPS) is 10.9. The topological polar surface area (TPSA) is 78.8 Å². The molecule has 0 atom stereocenters. The van der Waals surface area contributed by atoms with E-state index in [9.17, 15) is 0 Å². The fourth-order valence-electron chi connectivity index (χ4n) is 3.16. The Morgan fingerprint density at radius 3 is 2.11 bits per heavy atom. The lowest BCUT2D eigenvalue weighted by Gasteiger charge is -2.07. The summed E-state index contributed by atoms with van der Waals surface area (Å²) in [5.41, 5.74) is 8.17. The maximum absolute atomic E-state index is 4.58. The van der Waals surface area contributed by atoms with Crippen LogP contribution in [0.5, 0.6) is 0 Å². The van der Waals surface area contributed by atoms with Crippen LogP contribution in [0.1, 0.15) is 11.1 Å². The number of benzene rings is 3. The molecule has 5 aromatic rings. The molecule has 0 radical (unpaired) electrons. The second-order valence-electron chi connectivity index (χ2n) is 6.31. The van der Waals surface area contributed by atoms with Crippen LogP contribution in [0.2, 0.25) is 0 Å². The number of aromatic amines is 1. The quantitative estimate of drug-likeness (QED) is 0.367. The smallest absolute Gasteiger partial charge is 0.265 e. The molecule has 6 heteroatoms. The number of hydrazone groups is 1. The molecule has 28 heavy (non-hydrogen) atoms. The zero-order valence-corrected chi connectivity index (χ0v) is 14.9. The predicted octanol–water partition coefficient (Wildman–Crippen LogP) is 4.37. The Morgan fingerprint density at radius 2 is 1.39 bits per heavy atom. The van der Waals surface area contributed by atoms with E-state index in [1.807, 2.05) is 84.9 Å². The van der Waals surface area contributed by atoms with Gasteiger partial charge in [0.1, 0.15) is 5.52 Å². The maximum Gasteiger partial charge on any atom is 0.265 e. The highest BCUT2D eigenvalue weighted by Crippen LogP contribution is 2.22. The fraction of sp³-hybridized carbons (Fsp3) is 0. The van der Waals surface area contributed by atoms with Crippen LogP contribution in [-0.4, -0.2) is 25.9 Å². The predicted molar refractivity (Wildman–Crippen MR) is 111 cm³/mol. The third-order valence-electron chi connectivity index (χ3n) is 4.48. The van der Waals surface area contributed by atoms with Gasteiger partial charge in [0.25, 0.3) is 5.95 Å². The molecule has 0 aliphatic heterocycles. The first-order valence-corrected chi connectivity index (χ1v) is 8.94. The van der Waals surface area contributed by atoms with Crippen molar-refractivity contribution in [3.05, 3.63) is 96.1 Å². The van der Waals surface area contributed by atoms with Gasteiger partial charge in [0.05, 0.1) is 5.71 Å². The van der Waals surface area contributed by atoms with Crippen molar-refractivity contribution in [2.24, 2.45) is 5.10 Å². The number of fused-ring (bicyclic) bond motifs is 3. The Bertz CT molecular complexity index is 1230. The summed E-state index contributed by atoms with van der Waals surface area (Å²) in [5, 5.41) is 14.1. The van der Waals surface area contributed by atoms with Crippen LogP contribution >= 0.6 is 0 Å². The molecule has 2 aromatic heterocycles. The Kier molecular flexibility index (Phi) is 3.99. The van der Waals surface area contributed by atoms with Crippen LogP contribution < -0.4 is 5.43 Å². The van der Waals surface area contributed by atoms with Gasteiger partial charge in [-0.2, -0.15) is 10.1 Å². The van der Waals surface area contributed by atoms with Crippen molar-refractivity contribution in [3.63, 3.8) is 0 Å². The monoisotopic (exact) mass is 364 g/mol. The molecule has 0 unspecified atom stereocenters. The fourth-order valence-corrected chi connectivity index (χ4v) is 3.16. The van der Waals surface area contributed by atoms with Gasteiger partial charge in [-0.1, -0.05) is 78.9 Å². The molecule has 3 aromatic carbocycles. The van der Waals surface area contributed by atoms with Gasteiger partial charge in [-0.3, -0.25) is 0 Å². The van der Waals surface area contributed by atoms with Crippen molar-refractivity contribution in [1.82, 2.24) is 20.2 Å². The summed E-state index contributed by atoms with van der Waals surface area (Å²) in [5.74, 6) is 0.336. The van der Waals surface area contributed by atoms with Gasteiger partial charge in [0.2, 0.25) is 0 Å². The molecule has 0 amide bonds. The molecule has 134 valence electrons. The molecule has 2 N–H and O–H groups in total. The van der Waals surface area contributed by atoms with E-state index in [-0.39, 0.29) is 0 Å². The van der Waals surface area contributed by atoms with E-state index >= 15 is 0 Å². The number of aromatic nitrogens is 4. The summed E-state index contributed by atoms with van der Waals surface area (Å²) in [6.07, 6.45) is 0. The van der Waals surface area contributed by atoms with Crippen LogP contribution in [0.25, 0.3) is 22.1 Å². The number of hydrogen-bond donors (Lipinski definition) is 2. The Labute approximate surface area is 161 Å². The standard InChI is InChI=1S/C22H16N6/c1-3-9-15(10-4-1)19(16-11-5-2-6-12-16)25-27-22-24-21-20(26-28-22)17-13-7-8-14-18(17)23-21/h1-14H,(H2,23,24,27,28). The zero-order valence-electron chi connectivity index (χ0n) is 14.9. The van der Waals surface area contributed by atoms with Gasteiger partial charge in [-0.05, 0) is 6.07 Å². The largest absolute Gasteiger partial charge is 0.338 e. The number of H-pyrrole nitrogens is 1. The highest BCUT2D eigenvalue weighted by atomic mass is 15.4. The third-order valence-corrected chi connectivity index (χ3v) is 4.48. The van der Waals surface area contributed by atoms with Crippen LogP contribution in [0.4, 0.5) is 5.95 Å². The molecule has 0 aliphatic rings. The SMILES string of the molecule is c1ccc(C(=NNc2nnc3c(n2)[nH]c2ccccc23)c2ccccc2)cc1. The van der Waals surface area contributed by atoms with Gasteiger partial charge in [-0.15, -0.1) is 10.2 Å². The maximum atomic E-state index is 4.58. The summed E-state index contributed by atoms with van der Waals surface area (Å²) < 4.78 is 0. The molecule has 6 nitrogen and oxygen atoms in total. The minimum atomic E-state index is 0.336. The molecule has 0 aliphatic carbocycles. The lowest BCUT2D eigenvalue weighted by atomic mass is 10.0. The second kappa shape index (κ2) is 6.92. The average Bonchev–Trinajstić information content (AvgIpc) is 3.13. The van der Waals surface area contributed by atoms with E-state index < -0.39 is 0 Å². The molecular formula is C22H16N6. The van der Waals surface area contributed by atoms with Crippen molar-refractivity contribution >= 4 is 33.7 Å². The Balaban J connectivity index is 1.54. The summed E-state index contributed by atoms with van der Waals surface area (Å²) in [7, 11) is 0. The van der Waals surface area contributed by atoms with E-state index in [1.165, 1.54) is 0 Å². The molecule has 0 fully saturated rings. The van der Waals surface area contributed by atoms with E-state index in [0.29, 0.717) is 11.6 Å². The number of nitrogens with zero attached hydrogens (tertiary/aromatic N) is 4. The van der Waals surface area contributed by atoms with E-state index in [0.717, 1.165) is 33.3 Å². The van der Waals surface area contributed by atoms with Crippen LogP contribution in [0.3, 0.4) is 0 Å². The minimum Gasteiger partial charge on any atom is -0.338 e. The molecule has 2 heterocycles. The first-order valence-electron chi connectivity index (χ1n) is 8.94. The van der Waals surface area contributed by atoms with Gasteiger partial charge in [0.15, 0.2) is 5.65 Å². The van der Waals surface area contributed by atoms with Gasteiger partial charge in [-0.25, -0.2) is 5.43 Å². The summed E-state index contributed by atoms with van der Waals surface area (Å²) in [4.78, 5) is 7.79. The van der Waals surface area contributed by atoms with E-state index in [4.69, 9.17) is 0 Å². The third kappa shape index (κ3) is 2.97. The molecular weight excluding hydrogens is 348 g/mol. The molecule has 5 rings (SSSR count). The van der Waals surface area contributed by atoms with Crippen molar-refractivity contribution in [1.29, 1.82) is 0 Å². The number of para-hydroxylation sites is 1. The highest BCUT2D eigenvalue weighted by molar-refractivity contribution is 6.13. The average molecular weight is 364 g/mol. The van der Waals surface area contributed by atoms with Crippen LogP contribution in [0.15, 0.2) is 90.0 Å². The first-order chi connectivity index (χ1) is 13.9. The molecule has 0 spiro atoms. The van der Waals surface area contributed by atoms with Crippen LogP contribution in [-0.2, 0) is 0 Å². The summed E-state index contributed by atoms with van der Waals surface area (Å²) >= 11 is 0. The van der Waals surface area contributed by atoms with Gasteiger partial charge >= 0.3 is 0 Å². The van der Waals surface area contributed by atoms with Gasteiger partial charge in [0, 0.05) is 22.0 Å². The highest BCUT2D eigenvalue weighted by Gasteiger charge is 2.10. The van der Waals surface area contributed by atoms with Crippen molar-refractivity contribution in [2.45, 2.75) is 0 Å². The number of hydrogen-bond acceptors (Lipinski definition) is 5. The molecule has 0 saturated heterocycles. The number of nitrogens with one attached hydrogen (secondary N) is 2. The molecule has 0 bridgehead atoms. The van der Waals surface area contributed by atoms with E-state index in [1.54, 1.807) is 0 Å². The summed E-state index contributed by atoms with van der Waals surface area (Å²) in [6.45, 7) is 0. The Morgan fingerprint density at radius 1 is 0.750 bits per heavy atom.